The minimum absolute atomic E-state index is 0.159. The molecule has 6 heteroatoms. The summed E-state index contributed by atoms with van der Waals surface area (Å²) in [6, 6.07) is 12.6. The van der Waals surface area contributed by atoms with Gasteiger partial charge in [-0.2, -0.15) is 9.78 Å². The molecule has 0 aliphatic heterocycles. The summed E-state index contributed by atoms with van der Waals surface area (Å²) in [5.74, 6) is 1.70. The third-order valence-corrected chi connectivity index (χ3v) is 2.84. The first kappa shape index (κ1) is 12.8. The van der Waals surface area contributed by atoms with E-state index in [2.05, 4.69) is 22.0 Å². The van der Waals surface area contributed by atoms with Gasteiger partial charge in [0, 0.05) is 11.4 Å². The predicted molar refractivity (Wildman–Crippen MR) is 74.7 cm³/mol. The monoisotopic (exact) mass is 280 g/mol. The highest BCUT2D eigenvalue weighted by Crippen LogP contribution is 2.17. The highest BCUT2D eigenvalue weighted by molar-refractivity contribution is 6.04. The van der Waals surface area contributed by atoms with Gasteiger partial charge in [0.05, 0.1) is 11.7 Å². The molecule has 0 aliphatic carbocycles. The van der Waals surface area contributed by atoms with Gasteiger partial charge in [0.15, 0.2) is 5.69 Å². The number of rotatable bonds is 1. The van der Waals surface area contributed by atoms with Gasteiger partial charge in [0.1, 0.15) is 11.5 Å². The topological polar surface area (TPSA) is 73.8 Å². The lowest BCUT2D eigenvalue weighted by molar-refractivity contribution is 0.0996. The largest absolute Gasteiger partial charge is 0.364 e. The summed E-state index contributed by atoms with van der Waals surface area (Å²) in [7, 11) is 0. The van der Waals surface area contributed by atoms with E-state index < -0.39 is 11.7 Å². The predicted octanol–water partition coefficient (Wildman–Crippen LogP) is 1.53. The van der Waals surface area contributed by atoms with Crippen molar-refractivity contribution in [1.29, 1.82) is 0 Å². The van der Waals surface area contributed by atoms with Gasteiger partial charge < -0.3 is 5.73 Å². The van der Waals surface area contributed by atoms with Gasteiger partial charge in [-0.1, -0.05) is 18.2 Å². The zero-order chi connectivity index (χ0) is 14.8. The van der Waals surface area contributed by atoms with Crippen molar-refractivity contribution >= 4 is 16.8 Å². The van der Waals surface area contributed by atoms with Crippen molar-refractivity contribution in [3.63, 3.8) is 0 Å². The summed E-state index contributed by atoms with van der Waals surface area (Å²) >= 11 is 0. The molecule has 0 spiro atoms. The van der Waals surface area contributed by atoms with Gasteiger partial charge in [-0.05, 0) is 24.1 Å². The molecule has 1 aromatic carbocycles. The van der Waals surface area contributed by atoms with E-state index in [9.17, 15) is 9.18 Å². The van der Waals surface area contributed by atoms with Gasteiger partial charge in [0.25, 0.3) is 5.91 Å². The molecule has 2 N–H and O–H groups in total. The summed E-state index contributed by atoms with van der Waals surface area (Å²) in [4.78, 5) is 15.2. The number of nitrogens with zero attached hydrogens (tertiary/aromatic N) is 3. The number of pyridine rings is 1. The van der Waals surface area contributed by atoms with Crippen molar-refractivity contribution in [1.82, 2.24) is 14.8 Å². The third-order valence-electron chi connectivity index (χ3n) is 2.84. The number of carbonyl (C=O) groups is 1. The molecule has 0 atom stereocenters. The van der Waals surface area contributed by atoms with E-state index in [1.807, 2.05) is 6.07 Å². The average molecular weight is 280 g/mol. The number of hydrogen-bond donors (Lipinski definition) is 1. The van der Waals surface area contributed by atoms with Crippen LogP contribution in [0, 0.1) is 17.8 Å². The molecule has 0 radical (unpaired) electrons. The van der Waals surface area contributed by atoms with E-state index in [0.29, 0.717) is 16.6 Å². The van der Waals surface area contributed by atoms with E-state index >= 15 is 0 Å². The Hall–Kier alpha value is -3.20. The molecular formula is C15H9FN4O. The summed E-state index contributed by atoms with van der Waals surface area (Å²) in [5, 5.41) is 4.72. The normalized spacial score (nSPS) is 10.1. The first-order valence-corrected chi connectivity index (χ1v) is 6.06. The molecule has 102 valence electrons. The molecule has 0 fully saturated rings. The van der Waals surface area contributed by atoms with E-state index in [1.54, 1.807) is 18.2 Å². The summed E-state index contributed by atoms with van der Waals surface area (Å²) < 4.78 is 14.1. The first-order valence-electron chi connectivity index (χ1n) is 6.06. The average Bonchev–Trinajstić information content (AvgIpc) is 2.86. The Morgan fingerprint density at radius 3 is 2.76 bits per heavy atom. The maximum absolute atomic E-state index is 12.8. The van der Waals surface area contributed by atoms with Crippen molar-refractivity contribution in [2.45, 2.75) is 0 Å². The summed E-state index contributed by atoms with van der Waals surface area (Å²) in [6.45, 7) is 0. The van der Waals surface area contributed by atoms with Crippen LogP contribution in [-0.2, 0) is 0 Å². The molecular weight excluding hydrogens is 271 g/mol. The highest BCUT2D eigenvalue weighted by Gasteiger charge is 2.13. The lowest BCUT2D eigenvalue weighted by atomic mass is 10.2. The molecule has 0 saturated carbocycles. The Labute approximate surface area is 119 Å². The Bertz CT molecular complexity index is 887. The van der Waals surface area contributed by atoms with Crippen LogP contribution in [-0.4, -0.2) is 20.7 Å². The maximum Gasteiger partial charge on any atom is 0.269 e. The van der Waals surface area contributed by atoms with Crippen LogP contribution >= 0.6 is 0 Å². The SMILES string of the molecule is NC(=O)c1nn(C#Cc2ccc(F)cn2)c2ccccc12. The van der Waals surface area contributed by atoms with Crippen LogP contribution in [0.3, 0.4) is 0 Å². The Kier molecular flexibility index (Phi) is 3.09. The van der Waals surface area contributed by atoms with E-state index in [-0.39, 0.29) is 5.69 Å². The number of para-hydroxylation sites is 1. The Balaban J connectivity index is 2.10. The lowest BCUT2D eigenvalue weighted by Gasteiger charge is -1.91. The van der Waals surface area contributed by atoms with Crippen LogP contribution in [0.5, 0.6) is 0 Å². The fourth-order valence-corrected chi connectivity index (χ4v) is 1.89. The third kappa shape index (κ3) is 2.44. The fourth-order valence-electron chi connectivity index (χ4n) is 1.89. The van der Waals surface area contributed by atoms with Crippen LogP contribution < -0.4 is 5.73 Å². The van der Waals surface area contributed by atoms with Gasteiger partial charge >= 0.3 is 0 Å². The second-order valence-corrected chi connectivity index (χ2v) is 4.24. The molecule has 0 saturated heterocycles. The number of benzene rings is 1. The molecule has 3 rings (SSSR count). The van der Waals surface area contributed by atoms with E-state index in [4.69, 9.17) is 5.73 Å². The molecule has 2 heterocycles. The number of amides is 1. The smallest absolute Gasteiger partial charge is 0.269 e. The molecule has 1 amide bonds. The number of hydrogen-bond acceptors (Lipinski definition) is 3. The quantitative estimate of drug-likeness (QED) is 0.687. The van der Waals surface area contributed by atoms with Crippen LogP contribution in [0.4, 0.5) is 4.39 Å². The molecule has 0 unspecified atom stereocenters. The highest BCUT2D eigenvalue weighted by atomic mass is 19.1. The Morgan fingerprint density at radius 1 is 1.24 bits per heavy atom. The van der Waals surface area contributed by atoms with Gasteiger partial charge in [-0.15, -0.1) is 0 Å². The van der Waals surface area contributed by atoms with Crippen molar-refractivity contribution in [2.75, 3.05) is 0 Å². The summed E-state index contributed by atoms with van der Waals surface area (Å²) in [5.41, 5.74) is 6.53. The van der Waals surface area contributed by atoms with Crippen LogP contribution in [0.25, 0.3) is 10.9 Å². The van der Waals surface area contributed by atoms with Crippen LogP contribution in [0.15, 0.2) is 42.6 Å². The molecule has 0 bridgehead atoms. The van der Waals surface area contributed by atoms with Crippen molar-refractivity contribution in [3.05, 3.63) is 59.8 Å². The summed E-state index contributed by atoms with van der Waals surface area (Å²) in [6.07, 6.45) is 1.08. The molecule has 5 nitrogen and oxygen atoms in total. The van der Waals surface area contributed by atoms with Gasteiger partial charge in [0.2, 0.25) is 0 Å². The molecule has 21 heavy (non-hydrogen) atoms. The van der Waals surface area contributed by atoms with Crippen LogP contribution in [0.2, 0.25) is 0 Å². The number of halogens is 1. The number of aromatic nitrogens is 3. The van der Waals surface area contributed by atoms with Crippen LogP contribution in [0.1, 0.15) is 16.2 Å². The molecule has 0 aliphatic rings. The number of carbonyl (C=O) groups excluding carboxylic acids is 1. The standard InChI is InChI=1S/C15H9FN4O/c16-10-5-6-11(18-9-10)7-8-20-13-4-2-1-3-12(13)14(19-20)15(17)21/h1-6,9H,(H2,17,21). The van der Waals surface area contributed by atoms with E-state index in [1.165, 1.54) is 16.8 Å². The zero-order valence-electron chi connectivity index (χ0n) is 10.7. The minimum Gasteiger partial charge on any atom is -0.364 e. The second kappa shape index (κ2) is 5.06. The van der Waals surface area contributed by atoms with Crippen molar-refractivity contribution in [3.8, 4) is 12.0 Å². The molecule has 3 aromatic rings. The zero-order valence-corrected chi connectivity index (χ0v) is 10.7. The fraction of sp³-hybridized carbons (Fsp3) is 0. The van der Waals surface area contributed by atoms with Gasteiger partial charge in [-0.3, -0.25) is 4.79 Å². The molecule has 2 aromatic heterocycles. The number of nitrogens with two attached hydrogens (primary N) is 1. The first-order chi connectivity index (χ1) is 10.1. The van der Waals surface area contributed by atoms with Crippen molar-refractivity contribution < 1.29 is 9.18 Å². The number of fused-ring (bicyclic) bond motifs is 1. The van der Waals surface area contributed by atoms with E-state index in [0.717, 1.165) is 6.20 Å². The maximum atomic E-state index is 12.8. The number of primary amides is 1. The lowest BCUT2D eigenvalue weighted by Crippen LogP contribution is -2.12. The minimum atomic E-state index is -0.619. The van der Waals surface area contributed by atoms with Gasteiger partial charge in [-0.25, -0.2) is 9.37 Å². The Morgan fingerprint density at radius 2 is 2.05 bits per heavy atom. The van der Waals surface area contributed by atoms with Crippen molar-refractivity contribution in [2.24, 2.45) is 5.73 Å². The second-order valence-electron chi connectivity index (χ2n) is 4.24.